The number of benzene rings is 1. The summed E-state index contributed by atoms with van der Waals surface area (Å²) >= 11 is 1.59. The van der Waals surface area contributed by atoms with Gasteiger partial charge in [0.05, 0.1) is 17.7 Å². The Kier molecular flexibility index (Phi) is 7.74. The summed E-state index contributed by atoms with van der Waals surface area (Å²) in [7, 11) is 0. The first-order valence-electron chi connectivity index (χ1n) is 7.02. The Bertz CT molecular complexity index is 673. The maximum atomic E-state index is 12.1. The lowest BCUT2D eigenvalue weighted by Gasteiger charge is -2.10. The molecule has 124 valence electrons. The summed E-state index contributed by atoms with van der Waals surface area (Å²) in [5.41, 5.74) is 6.32. The van der Waals surface area contributed by atoms with E-state index in [2.05, 4.69) is 10.6 Å². The Labute approximate surface area is 145 Å². The largest absolute Gasteiger partial charge is 0.351 e. The Morgan fingerprint density at radius 3 is 2.57 bits per heavy atom. The van der Waals surface area contributed by atoms with Crippen LogP contribution in [0.2, 0.25) is 0 Å². The first-order chi connectivity index (χ1) is 10.6. The van der Waals surface area contributed by atoms with E-state index in [1.807, 2.05) is 19.1 Å². The molecular formula is C16H20ClN3O2S. The molecule has 0 fully saturated rings. The van der Waals surface area contributed by atoms with Gasteiger partial charge < -0.3 is 16.4 Å². The van der Waals surface area contributed by atoms with Crippen LogP contribution in [-0.2, 0) is 11.2 Å². The van der Waals surface area contributed by atoms with Gasteiger partial charge in [0.15, 0.2) is 0 Å². The lowest BCUT2D eigenvalue weighted by molar-refractivity contribution is -0.115. The van der Waals surface area contributed by atoms with Crippen LogP contribution >= 0.6 is 23.7 Å². The zero-order valence-corrected chi connectivity index (χ0v) is 14.4. The van der Waals surface area contributed by atoms with E-state index in [0.717, 1.165) is 4.88 Å². The zero-order valence-electron chi connectivity index (χ0n) is 12.8. The van der Waals surface area contributed by atoms with Crippen molar-refractivity contribution in [2.45, 2.75) is 13.3 Å². The van der Waals surface area contributed by atoms with Crippen molar-refractivity contribution >= 4 is 41.2 Å². The molecule has 0 bridgehead atoms. The predicted octanol–water partition coefficient (Wildman–Crippen LogP) is 2.35. The van der Waals surface area contributed by atoms with Crippen LogP contribution in [0.4, 0.5) is 5.69 Å². The number of hydrogen-bond acceptors (Lipinski definition) is 4. The van der Waals surface area contributed by atoms with Crippen LogP contribution < -0.4 is 16.4 Å². The normalized spacial score (nSPS) is 9.83. The van der Waals surface area contributed by atoms with Gasteiger partial charge in [-0.15, -0.1) is 23.7 Å². The van der Waals surface area contributed by atoms with Crippen molar-refractivity contribution in [3.63, 3.8) is 0 Å². The van der Waals surface area contributed by atoms with E-state index < -0.39 is 0 Å². The monoisotopic (exact) mass is 353 g/mol. The maximum Gasteiger partial charge on any atom is 0.253 e. The molecule has 0 aliphatic heterocycles. The minimum Gasteiger partial charge on any atom is -0.351 e. The maximum absolute atomic E-state index is 12.1. The average molecular weight is 354 g/mol. The first-order valence-corrected chi connectivity index (χ1v) is 7.84. The van der Waals surface area contributed by atoms with Crippen LogP contribution in [0, 0.1) is 6.92 Å². The molecule has 23 heavy (non-hydrogen) atoms. The molecule has 0 saturated carbocycles. The second kappa shape index (κ2) is 9.29. The molecule has 5 nitrogen and oxygen atoms in total. The summed E-state index contributed by atoms with van der Waals surface area (Å²) in [5.74, 6) is -0.380. The number of carbonyl (C=O) groups excluding carboxylic acids is 2. The Balaban J connectivity index is 0.00000264. The summed E-state index contributed by atoms with van der Waals surface area (Å²) in [6, 6.07) is 10.9. The second-order valence-corrected chi connectivity index (χ2v) is 6.20. The van der Waals surface area contributed by atoms with Gasteiger partial charge in [0.25, 0.3) is 5.91 Å². The van der Waals surface area contributed by atoms with E-state index >= 15 is 0 Å². The number of amides is 2. The summed E-state index contributed by atoms with van der Waals surface area (Å²) in [6.07, 6.45) is 0.303. The smallest absolute Gasteiger partial charge is 0.253 e. The van der Waals surface area contributed by atoms with Gasteiger partial charge in [-0.05, 0) is 31.2 Å². The van der Waals surface area contributed by atoms with Gasteiger partial charge in [-0.25, -0.2) is 0 Å². The van der Waals surface area contributed by atoms with E-state index in [1.165, 1.54) is 4.88 Å². The van der Waals surface area contributed by atoms with Gasteiger partial charge in [0.1, 0.15) is 0 Å². The van der Waals surface area contributed by atoms with Gasteiger partial charge in [-0.2, -0.15) is 0 Å². The highest BCUT2D eigenvalue weighted by atomic mass is 35.5. The SMILES string of the molecule is Cc1ccc(CC(=O)Nc2ccccc2C(=O)NCCN)s1.Cl. The third kappa shape index (κ3) is 5.67. The number of hydrogen-bond donors (Lipinski definition) is 3. The number of para-hydroxylation sites is 1. The van der Waals surface area contributed by atoms with Crippen LogP contribution in [0.3, 0.4) is 0 Å². The van der Waals surface area contributed by atoms with E-state index in [0.29, 0.717) is 30.8 Å². The van der Waals surface area contributed by atoms with Crippen LogP contribution in [0.15, 0.2) is 36.4 Å². The number of thiophene rings is 1. The van der Waals surface area contributed by atoms with Crippen molar-refractivity contribution in [3.8, 4) is 0 Å². The summed E-state index contributed by atoms with van der Waals surface area (Å²) in [6.45, 7) is 2.77. The van der Waals surface area contributed by atoms with Crippen LogP contribution in [0.1, 0.15) is 20.1 Å². The fourth-order valence-electron chi connectivity index (χ4n) is 2.00. The fourth-order valence-corrected chi connectivity index (χ4v) is 2.89. The number of carbonyl (C=O) groups is 2. The fraction of sp³-hybridized carbons (Fsp3) is 0.250. The molecule has 1 aromatic carbocycles. The second-order valence-electron chi connectivity index (χ2n) is 4.83. The summed E-state index contributed by atoms with van der Waals surface area (Å²) < 4.78 is 0. The molecule has 1 aromatic heterocycles. The third-order valence-electron chi connectivity index (χ3n) is 3.01. The Morgan fingerprint density at radius 2 is 1.91 bits per heavy atom. The van der Waals surface area contributed by atoms with Gasteiger partial charge in [0, 0.05) is 22.8 Å². The lowest BCUT2D eigenvalue weighted by Crippen LogP contribution is -2.30. The topological polar surface area (TPSA) is 84.2 Å². The van der Waals surface area contributed by atoms with Crippen LogP contribution in [0.5, 0.6) is 0 Å². The van der Waals surface area contributed by atoms with E-state index in [1.54, 1.807) is 35.6 Å². The average Bonchev–Trinajstić information content (AvgIpc) is 2.90. The van der Waals surface area contributed by atoms with E-state index in [-0.39, 0.29) is 24.2 Å². The minimum absolute atomic E-state index is 0. The number of halogens is 1. The lowest BCUT2D eigenvalue weighted by atomic mass is 10.1. The molecule has 2 rings (SSSR count). The van der Waals surface area contributed by atoms with Crippen molar-refractivity contribution < 1.29 is 9.59 Å². The Hall–Kier alpha value is -1.89. The minimum atomic E-state index is -0.242. The Morgan fingerprint density at radius 1 is 1.17 bits per heavy atom. The molecule has 2 amide bonds. The van der Waals surface area contributed by atoms with Crippen molar-refractivity contribution in [2.24, 2.45) is 5.73 Å². The molecule has 0 aliphatic rings. The van der Waals surface area contributed by atoms with E-state index in [9.17, 15) is 9.59 Å². The van der Waals surface area contributed by atoms with Gasteiger partial charge in [-0.3, -0.25) is 9.59 Å². The molecule has 1 heterocycles. The number of nitrogens with one attached hydrogen (secondary N) is 2. The molecule has 0 radical (unpaired) electrons. The van der Waals surface area contributed by atoms with Gasteiger partial charge in [-0.1, -0.05) is 12.1 Å². The quantitative estimate of drug-likeness (QED) is 0.745. The highest BCUT2D eigenvalue weighted by molar-refractivity contribution is 7.12. The molecule has 7 heteroatoms. The number of anilines is 1. The number of aryl methyl sites for hydroxylation is 1. The molecular weight excluding hydrogens is 334 g/mol. The highest BCUT2D eigenvalue weighted by Gasteiger charge is 2.13. The molecule has 2 aromatic rings. The molecule has 0 aliphatic carbocycles. The van der Waals surface area contributed by atoms with Crippen molar-refractivity contribution in [1.29, 1.82) is 0 Å². The molecule has 4 N–H and O–H groups in total. The zero-order chi connectivity index (χ0) is 15.9. The highest BCUT2D eigenvalue weighted by Crippen LogP contribution is 2.18. The van der Waals surface area contributed by atoms with Crippen molar-refractivity contribution in [2.75, 3.05) is 18.4 Å². The standard InChI is InChI=1S/C16H19N3O2S.ClH/c1-11-6-7-12(22-11)10-15(20)19-14-5-3-2-4-13(14)16(21)18-9-8-17;/h2-7H,8-10,17H2,1H3,(H,18,21)(H,19,20);1H. The predicted molar refractivity (Wildman–Crippen MR) is 96.5 cm³/mol. The molecule has 0 spiro atoms. The van der Waals surface area contributed by atoms with Gasteiger partial charge in [0.2, 0.25) is 5.91 Å². The van der Waals surface area contributed by atoms with Crippen LogP contribution in [-0.4, -0.2) is 24.9 Å². The molecule has 0 atom stereocenters. The van der Waals surface area contributed by atoms with Crippen molar-refractivity contribution in [1.82, 2.24) is 5.32 Å². The summed E-state index contributed by atoms with van der Waals surface area (Å²) in [4.78, 5) is 26.3. The van der Waals surface area contributed by atoms with E-state index in [4.69, 9.17) is 5.73 Å². The molecule has 0 unspecified atom stereocenters. The number of nitrogens with two attached hydrogens (primary N) is 1. The van der Waals surface area contributed by atoms with Gasteiger partial charge >= 0.3 is 0 Å². The number of rotatable bonds is 6. The first kappa shape index (κ1) is 19.2. The van der Waals surface area contributed by atoms with Crippen molar-refractivity contribution in [3.05, 3.63) is 51.7 Å². The third-order valence-corrected chi connectivity index (χ3v) is 4.01. The van der Waals surface area contributed by atoms with Crippen LogP contribution in [0.25, 0.3) is 0 Å². The molecule has 0 saturated heterocycles. The summed E-state index contributed by atoms with van der Waals surface area (Å²) in [5, 5.41) is 5.50.